The molecule has 1 heterocycles. The summed E-state index contributed by atoms with van der Waals surface area (Å²) in [5, 5.41) is 6.57. The third kappa shape index (κ3) is 6.28. The number of carbonyl (C=O) groups excluding carboxylic acids is 2. The largest absolute Gasteiger partial charge is 0.383 e. The maximum Gasteiger partial charge on any atom is 0.243 e. The highest BCUT2D eigenvalue weighted by Gasteiger charge is 2.42. The number of hydrogen-bond acceptors (Lipinski definition) is 4. The van der Waals surface area contributed by atoms with Crippen LogP contribution in [0.5, 0.6) is 0 Å². The van der Waals surface area contributed by atoms with Gasteiger partial charge in [-0.2, -0.15) is 0 Å². The molecule has 0 radical (unpaired) electrons. The molecule has 5 rings (SSSR count). The molecule has 3 N–H and O–H groups in total. The van der Waals surface area contributed by atoms with Gasteiger partial charge in [-0.1, -0.05) is 44.0 Å². The minimum atomic E-state index is -1.03. The first-order chi connectivity index (χ1) is 19.6. The summed E-state index contributed by atoms with van der Waals surface area (Å²) in [6.07, 6.45) is 5.41. The van der Waals surface area contributed by atoms with Crippen molar-refractivity contribution >= 4 is 34.4 Å². The number of aromatic nitrogens is 2. The topological polar surface area (TPSA) is 96.1 Å². The van der Waals surface area contributed by atoms with Crippen LogP contribution in [0.4, 0.5) is 4.39 Å². The van der Waals surface area contributed by atoms with Crippen LogP contribution < -0.4 is 10.6 Å². The molecule has 2 amide bonds. The van der Waals surface area contributed by atoms with E-state index in [-0.39, 0.29) is 48.0 Å². The van der Waals surface area contributed by atoms with Crippen molar-refractivity contribution in [3.05, 3.63) is 64.2 Å². The lowest BCUT2D eigenvalue weighted by molar-refractivity contribution is -0.135. The van der Waals surface area contributed by atoms with Gasteiger partial charge in [-0.3, -0.25) is 9.59 Å². The smallest absolute Gasteiger partial charge is 0.243 e. The van der Waals surface area contributed by atoms with Crippen LogP contribution in [0, 0.1) is 17.7 Å². The van der Waals surface area contributed by atoms with Crippen LogP contribution in [0.15, 0.2) is 36.4 Å². The third-order valence-corrected chi connectivity index (χ3v) is 9.13. The van der Waals surface area contributed by atoms with E-state index >= 15 is 0 Å². The lowest BCUT2D eigenvalue weighted by atomic mass is 9.77. The number of fused-ring (bicyclic) bond motifs is 1. The van der Waals surface area contributed by atoms with E-state index in [4.69, 9.17) is 21.3 Å². The van der Waals surface area contributed by atoms with Crippen molar-refractivity contribution in [1.82, 2.24) is 20.6 Å². The highest BCUT2D eigenvalue weighted by Crippen LogP contribution is 2.36. The zero-order chi connectivity index (χ0) is 29.3. The van der Waals surface area contributed by atoms with E-state index in [9.17, 15) is 14.0 Å². The van der Waals surface area contributed by atoms with Crippen molar-refractivity contribution in [2.45, 2.75) is 82.7 Å². The molecule has 2 aliphatic rings. The highest BCUT2D eigenvalue weighted by atomic mass is 35.5. The number of amides is 2. The summed E-state index contributed by atoms with van der Waals surface area (Å²) in [5.74, 6) is 0.181. The lowest BCUT2D eigenvalue weighted by Gasteiger charge is -2.36. The summed E-state index contributed by atoms with van der Waals surface area (Å²) in [6, 6.07) is 10.1. The minimum absolute atomic E-state index is 0.0892. The molecule has 2 aromatic carbocycles. The molecule has 3 atom stereocenters. The standard InChI is InChI=1S/C32H40ClFN4O3/c1-18(2)22(28-23(33)9-6-10-24(28)34)16-27-36-25-14-11-20(15-26(25)37-27)32(3,17-41-4)31(40)38-29(19-7-5-8-19)30(39)35-21-12-13-21/h6,9-11,14-15,18-19,21-22,29H,5,7-8,12-13,16-17H2,1-4H3,(H,35,39)(H,36,37)(H,38,40)/t22?,29-,32?/m1/s1. The Kier molecular flexibility index (Phi) is 8.71. The summed E-state index contributed by atoms with van der Waals surface area (Å²) in [7, 11) is 1.57. The number of nitrogens with one attached hydrogen (secondary N) is 3. The zero-order valence-electron chi connectivity index (χ0n) is 24.2. The molecule has 0 spiro atoms. The molecule has 2 aliphatic carbocycles. The first-order valence-corrected chi connectivity index (χ1v) is 15.0. The molecule has 0 saturated heterocycles. The van der Waals surface area contributed by atoms with Crippen molar-refractivity contribution in [2.24, 2.45) is 11.8 Å². The lowest BCUT2D eigenvalue weighted by Crippen LogP contribution is -2.57. The fraction of sp³-hybridized carbons (Fsp3) is 0.531. The number of imidazole rings is 1. The van der Waals surface area contributed by atoms with Gasteiger partial charge in [0.15, 0.2) is 0 Å². The monoisotopic (exact) mass is 582 g/mol. The second-order valence-corrected chi connectivity index (χ2v) is 12.7. The van der Waals surface area contributed by atoms with Gasteiger partial charge >= 0.3 is 0 Å². The van der Waals surface area contributed by atoms with Crippen molar-refractivity contribution in [3.63, 3.8) is 0 Å². The quantitative estimate of drug-likeness (QED) is 0.251. The van der Waals surface area contributed by atoms with E-state index in [0.29, 0.717) is 17.0 Å². The number of ether oxygens (including phenoxy) is 1. The fourth-order valence-electron chi connectivity index (χ4n) is 5.81. The third-order valence-electron chi connectivity index (χ3n) is 8.80. The Labute approximate surface area is 246 Å². The van der Waals surface area contributed by atoms with Crippen LogP contribution >= 0.6 is 11.6 Å². The Morgan fingerprint density at radius 3 is 2.56 bits per heavy atom. The van der Waals surface area contributed by atoms with Crippen molar-refractivity contribution in [3.8, 4) is 0 Å². The summed E-state index contributed by atoms with van der Waals surface area (Å²) in [5.41, 5.74) is 1.75. The van der Waals surface area contributed by atoms with Gasteiger partial charge in [0.2, 0.25) is 11.8 Å². The van der Waals surface area contributed by atoms with Gasteiger partial charge in [0, 0.05) is 30.2 Å². The molecule has 7 nitrogen and oxygen atoms in total. The Balaban J connectivity index is 1.40. The summed E-state index contributed by atoms with van der Waals surface area (Å²) < 4.78 is 20.3. The molecule has 2 saturated carbocycles. The maximum atomic E-state index is 14.8. The van der Waals surface area contributed by atoms with Crippen LogP contribution in [0.2, 0.25) is 5.02 Å². The number of nitrogens with zero attached hydrogens (tertiary/aromatic N) is 1. The van der Waals surface area contributed by atoms with Gasteiger partial charge in [0.25, 0.3) is 0 Å². The van der Waals surface area contributed by atoms with E-state index in [1.807, 2.05) is 39.0 Å². The Bertz CT molecular complexity index is 1400. The van der Waals surface area contributed by atoms with Gasteiger partial charge in [-0.25, -0.2) is 9.37 Å². The molecule has 2 fully saturated rings. The summed E-state index contributed by atoms with van der Waals surface area (Å²) >= 11 is 6.41. The number of halogens is 2. The average Bonchev–Trinajstić information content (AvgIpc) is 3.61. The van der Waals surface area contributed by atoms with Gasteiger partial charge in [0.1, 0.15) is 17.7 Å². The molecule has 41 heavy (non-hydrogen) atoms. The van der Waals surface area contributed by atoms with E-state index in [2.05, 4.69) is 15.6 Å². The van der Waals surface area contributed by atoms with E-state index in [0.717, 1.165) is 54.5 Å². The normalized spacial score (nSPS) is 18.5. The fourth-order valence-corrected chi connectivity index (χ4v) is 6.11. The SMILES string of the molecule is COCC(C)(C(=O)N[C@@H](C(=O)NC1CC1)C1CCC1)c1ccc2nc(CC(c3c(F)cccc3Cl)C(C)C)[nH]c2c1. The van der Waals surface area contributed by atoms with Crippen LogP contribution in [0.1, 0.15) is 75.7 Å². The van der Waals surface area contributed by atoms with Gasteiger partial charge in [0.05, 0.1) is 23.1 Å². The number of H-pyrrole nitrogens is 1. The predicted molar refractivity (Wildman–Crippen MR) is 158 cm³/mol. The van der Waals surface area contributed by atoms with Crippen molar-refractivity contribution in [1.29, 1.82) is 0 Å². The van der Waals surface area contributed by atoms with Crippen LogP contribution in [-0.2, 0) is 26.2 Å². The minimum Gasteiger partial charge on any atom is -0.383 e. The average molecular weight is 583 g/mol. The van der Waals surface area contributed by atoms with Crippen molar-refractivity contribution < 1.29 is 18.7 Å². The van der Waals surface area contributed by atoms with Gasteiger partial charge < -0.3 is 20.4 Å². The maximum absolute atomic E-state index is 14.8. The summed E-state index contributed by atoms with van der Waals surface area (Å²) in [6.45, 7) is 6.08. The van der Waals surface area contributed by atoms with Gasteiger partial charge in [-0.05, 0) is 80.2 Å². The second kappa shape index (κ2) is 12.1. The van der Waals surface area contributed by atoms with Crippen LogP contribution in [0.25, 0.3) is 11.0 Å². The molecule has 0 bridgehead atoms. The molecule has 2 unspecified atom stereocenters. The van der Waals surface area contributed by atoms with Crippen molar-refractivity contribution in [2.75, 3.05) is 13.7 Å². The van der Waals surface area contributed by atoms with Crippen LogP contribution in [-0.4, -0.2) is 47.6 Å². The zero-order valence-corrected chi connectivity index (χ0v) is 25.0. The number of rotatable bonds is 12. The molecular weight excluding hydrogens is 543 g/mol. The first kappa shape index (κ1) is 29.5. The predicted octanol–water partition coefficient (Wildman–Crippen LogP) is 5.81. The molecule has 220 valence electrons. The Morgan fingerprint density at radius 1 is 1.20 bits per heavy atom. The number of methoxy groups -OCH3 is 1. The molecule has 3 aromatic rings. The second-order valence-electron chi connectivity index (χ2n) is 12.3. The molecule has 9 heteroatoms. The Morgan fingerprint density at radius 2 is 1.95 bits per heavy atom. The van der Waals surface area contributed by atoms with Crippen LogP contribution in [0.3, 0.4) is 0 Å². The van der Waals surface area contributed by atoms with E-state index in [1.54, 1.807) is 19.2 Å². The summed E-state index contributed by atoms with van der Waals surface area (Å²) in [4.78, 5) is 35.1. The molecule has 1 aromatic heterocycles. The highest BCUT2D eigenvalue weighted by molar-refractivity contribution is 6.31. The van der Waals surface area contributed by atoms with Gasteiger partial charge in [-0.15, -0.1) is 0 Å². The molecular formula is C32H40ClFN4O3. The molecule has 0 aliphatic heterocycles. The number of aromatic amines is 1. The van der Waals surface area contributed by atoms with E-state index in [1.165, 1.54) is 6.07 Å². The Hall–Kier alpha value is -2.97. The number of benzene rings is 2. The number of hydrogen-bond donors (Lipinski definition) is 3. The van der Waals surface area contributed by atoms with E-state index < -0.39 is 11.5 Å². The number of carbonyl (C=O) groups is 2. The first-order valence-electron chi connectivity index (χ1n) is 14.6.